The van der Waals surface area contributed by atoms with Crippen LogP contribution in [0.1, 0.15) is 45.6 Å². The molecular formula is C18H29IN4O3. The molecule has 1 fully saturated rings. The zero-order valence-corrected chi connectivity index (χ0v) is 18.0. The summed E-state index contributed by atoms with van der Waals surface area (Å²) in [7, 11) is 0. The largest absolute Gasteiger partial charge is 0.376 e. The molecule has 1 aliphatic heterocycles. The van der Waals surface area contributed by atoms with Crippen LogP contribution in [0.4, 0.5) is 5.69 Å². The molecule has 0 aliphatic carbocycles. The van der Waals surface area contributed by atoms with Crippen molar-refractivity contribution < 1.29 is 9.66 Å². The fourth-order valence-corrected chi connectivity index (χ4v) is 2.57. The van der Waals surface area contributed by atoms with Gasteiger partial charge in [-0.15, -0.1) is 24.0 Å². The van der Waals surface area contributed by atoms with Crippen molar-refractivity contribution in [3.8, 4) is 0 Å². The number of hydrogen-bond acceptors (Lipinski definition) is 4. The molecule has 0 spiro atoms. The zero-order valence-electron chi connectivity index (χ0n) is 15.7. The van der Waals surface area contributed by atoms with Crippen LogP contribution in [0.25, 0.3) is 0 Å². The van der Waals surface area contributed by atoms with Gasteiger partial charge >= 0.3 is 0 Å². The van der Waals surface area contributed by atoms with Gasteiger partial charge in [-0.1, -0.05) is 12.1 Å². The number of guanidine groups is 1. The maximum Gasteiger partial charge on any atom is 0.269 e. The average molecular weight is 476 g/mol. The molecule has 1 saturated heterocycles. The fourth-order valence-electron chi connectivity index (χ4n) is 2.57. The smallest absolute Gasteiger partial charge is 0.269 e. The monoisotopic (exact) mass is 476 g/mol. The summed E-state index contributed by atoms with van der Waals surface area (Å²) in [5.41, 5.74) is 0.900. The number of rotatable bonds is 5. The number of hydrogen-bond donors (Lipinski definition) is 2. The third-order valence-electron chi connectivity index (χ3n) is 3.83. The van der Waals surface area contributed by atoms with Crippen LogP contribution in [0.3, 0.4) is 0 Å². The van der Waals surface area contributed by atoms with Gasteiger partial charge in [-0.25, -0.2) is 4.99 Å². The molecule has 1 heterocycles. The first-order valence-corrected chi connectivity index (χ1v) is 8.75. The highest BCUT2D eigenvalue weighted by Gasteiger charge is 2.16. The molecule has 146 valence electrons. The highest BCUT2D eigenvalue weighted by Crippen LogP contribution is 2.13. The summed E-state index contributed by atoms with van der Waals surface area (Å²) in [5, 5.41) is 17.4. The van der Waals surface area contributed by atoms with Crippen molar-refractivity contribution in [2.45, 2.75) is 58.2 Å². The summed E-state index contributed by atoms with van der Waals surface area (Å²) in [5.74, 6) is 0.722. The minimum absolute atomic E-state index is 0. The summed E-state index contributed by atoms with van der Waals surface area (Å²) >= 11 is 0. The third kappa shape index (κ3) is 8.31. The van der Waals surface area contributed by atoms with E-state index in [0.717, 1.165) is 37.5 Å². The number of nitro benzene ring substituents is 1. The summed E-state index contributed by atoms with van der Waals surface area (Å²) in [6, 6.07) is 6.48. The number of nitrogens with one attached hydrogen (secondary N) is 2. The van der Waals surface area contributed by atoms with Crippen LogP contribution in [0, 0.1) is 10.1 Å². The van der Waals surface area contributed by atoms with Gasteiger partial charge in [0.15, 0.2) is 5.96 Å². The number of aliphatic imine (C=N–C) groups is 1. The van der Waals surface area contributed by atoms with E-state index in [1.165, 1.54) is 18.6 Å². The number of ether oxygens (including phenoxy) is 1. The Bertz CT molecular complexity index is 593. The molecule has 2 N–H and O–H groups in total. The quantitative estimate of drug-likeness (QED) is 0.223. The molecule has 8 heteroatoms. The minimum atomic E-state index is -0.397. The predicted molar refractivity (Wildman–Crippen MR) is 114 cm³/mol. The van der Waals surface area contributed by atoms with Crippen molar-refractivity contribution in [1.29, 1.82) is 0 Å². The third-order valence-corrected chi connectivity index (χ3v) is 3.83. The van der Waals surface area contributed by atoms with Crippen molar-refractivity contribution in [3.63, 3.8) is 0 Å². The molecule has 2 rings (SSSR count). The van der Waals surface area contributed by atoms with Gasteiger partial charge in [0.2, 0.25) is 0 Å². The van der Waals surface area contributed by atoms with E-state index >= 15 is 0 Å². The predicted octanol–water partition coefficient (Wildman–Crippen LogP) is 3.62. The number of non-ortho nitro benzene ring substituents is 1. The van der Waals surface area contributed by atoms with Gasteiger partial charge in [-0.05, 0) is 45.6 Å². The molecule has 26 heavy (non-hydrogen) atoms. The Morgan fingerprint density at radius 1 is 1.31 bits per heavy atom. The normalized spacial score (nSPS) is 18.0. The molecule has 1 unspecified atom stereocenters. The van der Waals surface area contributed by atoms with Crippen LogP contribution in [0.15, 0.2) is 29.3 Å². The number of nitrogens with zero attached hydrogens (tertiary/aromatic N) is 2. The summed E-state index contributed by atoms with van der Waals surface area (Å²) < 4.78 is 5.75. The molecule has 1 aromatic carbocycles. The molecule has 1 aliphatic rings. The molecule has 0 saturated carbocycles. The second-order valence-corrected chi connectivity index (χ2v) is 7.33. The van der Waals surface area contributed by atoms with Crippen LogP contribution < -0.4 is 10.6 Å². The van der Waals surface area contributed by atoms with E-state index < -0.39 is 4.92 Å². The van der Waals surface area contributed by atoms with Crippen LogP contribution in [-0.4, -0.2) is 35.7 Å². The van der Waals surface area contributed by atoms with E-state index in [9.17, 15) is 10.1 Å². The Morgan fingerprint density at radius 3 is 2.54 bits per heavy atom. The van der Waals surface area contributed by atoms with Crippen LogP contribution in [-0.2, 0) is 11.3 Å². The molecular weight excluding hydrogens is 447 g/mol. The molecule has 7 nitrogen and oxygen atoms in total. The second kappa shape index (κ2) is 10.7. The minimum Gasteiger partial charge on any atom is -0.376 e. The van der Waals surface area contributed by atoms with Crippen LogP contribution in [0.5, 0.6) is 0 Å². The lowest BCUT2D eigenvalue weighted by Crippen LogP contribution is -2.49. The topological polar surface area (TPSA) is 88.8 Å². The van der Waals surface area contributed by atoms with Crippen LogP contribution in [0.2, 0.25) is 0 Å². The maximum absolute atomic E-state index is 10.7. The van der Waals surface area contributed by atoms with Crippen molar-refractivity contribution in [1.82, 2.24) is 10.6 Å². The molecule has 1 aromatic rings. The van der Waals surface area contributed by atoms with Crippen molar-refractivity contribution >= 4 is 35.6 Å². The van der Waals surface area contributed by atoms with Gasteiger partial charge < -0.3 is 15.4 Å². The lowest BCUT2D eigenvalue weighted by atomic mass is 10.1. The zero-order chi connectivity index (χ0) is 18.3. The molecule has 0 radical (unpaired) electrons. The summed E-state index contributed by atoms with van der Waals surface area (Å²) in [4.78, 5) is 14.9. The first-order chi connectivity index (χ1) is 11.8. The Balaban J connectivity index is 0.00000338. The first kappa shape index (κ1) is 22.6. The van der Waals surface area contributed by atoms with Gasteiger partial charge in [0, 0.05) is 30.8 Å². The Labute approximate surface area is 172 Å². The lowest BCUT2D eigenvalue weighted by Gasteiger charge is -2.27. The summed E-state index contributed by atoms with van der Waals surface area (Å²) in [6.45, 7) is 8.24. The lowest BCUT2D eigenvalue weighted by molar-refractivity contribution is -0.384. The van der Waals surface area contributed by atoms with E-state index in [1.54, 1.807) is 12.1 Å². The van der Waals surface area contributed by atoms with E-state index in [-0.39, 0.29) is 41.3 Å². The second-order valence-electron chi connectivity index (χ2n) is 7.33. The number of halogens is 1. The average Bonchev–Trinajstić information content (AvgIpc) is 2.57. The van der Waals surface area contributed by atoms with Gasteiger partial charge in [0.05, 0.1) is 17.6 Å². The van der Waals surface area contributed by atoms with Crippen molar-refractivity contribution in [2.75, 3.05) is 13.2 Å². The van der Waals surface area contributed by atoms with Gasteiger partial charge in [0.1, 0.15) is 0 Å². The molecule has 0 bridgehead atoms. The van der Waals surface area contributed by atoms with Gasteiger partial charge in [-0.2, -0.15) is 0 Å². The van der Waals surface area contributed by atoms with E-state index in [2.05, 4.69) is 36.4 Å². The number of benzene rings is 1. The standard InChI is InChI=1S/C18H28N4O3.HI/c1-18(2,3)21-17(20-13-16-6-4-5-11-25-16)19-12-14-7-9-15(10-8-14)22(23)24;/h7-10,16H,4-6,11-13H2,1-3H3,(H2,19,20,21);1H. The number of nitro groups is 1. The summed E-state index contributed by atoms with van der Waals surface area (Å²) in [6.07, 6.45) is 3.63. The van der Waals surface area contributed by atoms with E-state index in [0.29, 0.717) is 6.54 Å². The van der Waals surface area contributed by atoms with E-state index in [4.69, 9.17) is 4.74 Å². The Kier molecular flexibility index (Phi) is 9.28. The molecule has 1 atom stereocenters. The fraction of sp³-hybridized carbons (Fsp3) is 0.611. The Morgan fingerprint density at radius 2 is 2.00 bits per heavy atom. The first-order valence-electron chi connectivity index (χ1n) is 8.75. The van der Waals surface area contributed by atoms with Gasteiger partial charge in [0.25, 0.3) is 5.69 Å². The molecule has 0 aromatic heterocycles. The Hall–Kier alpha value is -1.42. The van der Waals surface area contributed by atoms with Crippen LogP contribution >= 0.6 is 24.0 Å². The highest BCUT2D eigenvalue weighted by atomic mass is 127. The van der Waals surface area contributed by atoms with Crippen molar-refractivity contribution in [3.05, 3.63) is 39.9 Å². The van der Waals surface area contributed by atoms with Crippen molar-refractivity contribution in [2.24, 2.45) is 4.99 Å². The SMILES string of the molecule is CC(C)(C)NC(=NCc1ccc([N+](=O)[O-])cc1)NCC1CCCCO1.I. The molecule has 0 amide bonds. The maximum atomic E-state index is 10.7. The van der Waals surface area contributed by atoms with Gasteiger partial charge in [-0.3, -0.25) is 10.1 Å². The van der Waals surface area contributed by atoms with E-state index in [1.807, 2.05) is 0 Å². The highest BCUT2D eigenvalue weighted by molar-refractivity contribution is 14.0.